The molecule has 1 heterocycles. The Hall–Kier alpha value is -0.300. The molecule has 5 nitrogen and oxygen atoms in total. The molecule has 0 radical (unpaired) electrons. The molecule has 0 aromatic carbocycles. The van der Waals surface area contributed by atoms with Gasteiger partial charge in [-0.15, -0.1) is 0 Å². The van der Waals surface area contributed by atoms with E-state index in [1.165, 1.54) is 0 Å². The molecule has 1 unspecified atom stereocenters. The number of carbonyl (C=O) groups is 1. The van der Waals surface area contributed by atoms with Gasteiger partial charge in [-0.05, 0) is 37.7 Å². The van der Waals surface area contributed by atoms with Crippen LogP contribution < -0.4 is 11.1 Å². The number of amides is 1. The summed E-state index contributed by atoms with van der Waals surface area (Å²) in [5.41, 5.74) is 5.75. The highest BCUT2D eigenvalue weighted by molar-refractivity contribution is 7.98. The number of hydrogen-bond donors (Lipinski definition) is 2. The number of carbonyl (C=O) groups excluding carboxylic acids is 1. The van der Waals surface area contributed by atoms with Gasteiger partial charge in [0.25, 0.3) is 0 Å². The molecule has 19 heavy (non-hydrogen) atoms. The summed E-state index contributed by atoms with van der Waals surface area (Å²) < 4.78 is 11.0. The van der Waals surface area contributed by atoms with E-state index in [4.69, 9.17) is 15.2 Å². The molecule has 1 fully saturated rings. The van der Waals surface area contributed by atoms with Crippen molar-refractivity contribution in [2.24, 2.45) is 5.73 Å². The minimum Gasteiger partial charge on any atom is -0.379 e. The van der Waals surface area contributed by atoms with Crippen molar-refractivity contribution in [2.75, 3.05) is 38.4 Å². The largest absolute Gasteiger partial charge is 0.379 e. The van der Waals surface area contributed by atoms with Crippen LogP contribution in [0, 0.1) is 0 Å². The molecule has 1 saturated heterocycles. The van der Waals surface area contributed by atoms with E-state index in [9.17, 15) is 4.79 Å². The third kappa shape index (κ3) is 7.77. The van der Waals surface area contributed by atoms with Gasteiger partial charge in [0.2, 0.25) is 5.91 Å². The Morgan fingerprint density at radius 1 is 1.63 bits per heavy atom. The molecular formula is C13H26N2O3S. The smallest absolute Gasteiger partial charge is 0.236 e. The second-order valence-corrected chi connectivity index (χ2v) is 5.73. The van der Waals surface area contributed by atoms with Gasteiger partial charge in [0.15, 0.2) is 0 Å². The Morgan fingerprint density at radius 2 is 2.47 bits per heavy atom. The average molecular weight is 290 g/mol. The predicted octanol–water partition coefficient (Wildman–Crippen LogP) is 0.769. The maximum Gasteiger partial charge on any atom is 0.236 e. The monoisotopic (exact) mass is 290 g/mol. The molecule has 0 aliphatic carbocycles. The number of nitrogens with one attached hydrogen (secondary N) is 1. The lowest BCUT2D eigenvalue weighted by Crippen LogP contribution is -2.41. The minimum absolute atomic E-state index is 0.0619. The Kier molecular flexibility index (Phi) is 9.24. The number of rotatable bonds is 10. The molecular weight excluding hydrogens is 264 g/mol. The first-order chi connectivity index (χ1) is 9.24. The van der Waals surface area contributed by atoms with Crippen LogP contribution in [-0.2, 0) is 14.3 Å². The standard InChI is InChI=1S/C13H26N2O3S/c1-19-9-5-12(14)13(16)15-6-3-7-17-10-11-4-2-8-18-11/h11-12H,2-10,14H2,1H3,(H,15,16)/t11?,12-/m0/s1. The van der Waals surface area contributed by atoms with Crippen LogP contribution in [0.3, 0.4) is 0 Å². The van der Waals surface area contributed by atoms with E-state index in [0.717, 1.165) is 38.0 Å². The van der Waals surface area contributed by atoms with E-state index in [-0.39, 0.29) is 18.1 Å². The lowest BCUT2D eigenvalue weighted by molar-refractivity contribution is -0.122. The fraction of sp³-hybridized carbons (Fsp3) is 0.923. The van der Waals surface area contributed by atoms with Crippen LogP contribution in [0.5, 0.6) is 0 Å². The number of thioether (sulfide) groups is 1. The summed E-state index contributed by atoms with van der Waals surface area (Å²) in [5.74, 6) is 0.854. The second-order valence-electron chi connectivity index (χ2n) is 4.74. The maximum absolute atomic E-state index is 11.6. The van der Waals surface area contributed by atoms with E-state index < -0.39 is 0 Å². The average Bonchev–Trinajstić information content (AvgIpc) is 2.92. The molecule has 0 aromatic heterocycles. The van der Waals surface area contributed by atoms with Gasteiger partial charge in [0, 0.05) is 19.8 Å². The molecule has 1 aliphatic rings. The molecule has 0 spiro atoms. The molecule has 1 aliphatic heterocycles. The molecule has 1 rings (SSSR count). The highest BCUT2D eigenvalue weighted by Crippen LogP contribution is 2.11. The quantitative estimate of drug-likeness (QED) is 0.581. The summed E-state index contributed by atoms with van der Waals surface area (Å²) in [5, 5.41) is 2.84. The van der Waals surface area contributed by atoms with Gasteiger partial charge in [-0.3, -0.25) is 4.79 Å². The van der Waals surface area contributed by atoms with Crippen molar-refractivity contribution in [3.8, 4) is 0 Å². The zero-order chi connectivity index (χ0) is 13.9. The van der Waals surface area contributed by atoms with Crippen molar-refractivity contribution in [3.63, 3.8) is 0 Å². The van der Waals surface area contributed by atoms with Crippen molar-refractivity contribution < 1.29 is 14.3 Å². The molecule has 112 valence electrons. The van der Waals surface area contributed by atoms with Crippen LogP contribution in [0.1, 0.15) is 25.7 Å². The summed E-state index contributed by atoms with van der Waals surface area (Å²) in [4.78, 5) is 11.6. The van der Waals surface area contributed by atoms with Gasteiger partial charge in [-0.1, -0.05) is 0 Å². The minimum atomic E-state index is -0.389. The van der Waals surface area contributed by atoms with Gasteiger partial charge in [0.05, 0.1) is 18.8 Å². The van der Waals surface area contributed by atoms with Crippen molar-refractivity contribution in [1.29, 1.82) is 0 Å². The van der Waals surface area contributed by atoms with Crippen molar-refractivity contribution >= 4 is 17.7 Å². The second kappa shape index (κ2) is 10.5. The highest BCUT2D eigenvalue weighted by atomic mass is 32.2. The highest BCUT2D eigenvalue weighted by Gasteiger charge is 2.15. The maximum atomic E-state index is 11.6. The molecule has 3 N–H and O–H groups in total. The molecule has 0 bridgehead atoms. The van der Waals surface area contributed by atoms with Crippen LogP contribution in [0.2, 0.25) is 0 Å². The van der Waals surface area contributed by atoms with Gasteiger partial charge in [0.1, 0.15) is 0 Å². The third-order valence-electron chi connectivity index (χ3n) is 3.06. The summed E-state index contributed by atoms with van der Waals surface area (Å²) in [7, 11) is 0. The fourth-order valence-electron chi connectivity index (χ4n) is 1.88. The molecule has 1 amide bonds. The first-order valence-electron chi connectivity index (χ1n) is 6.95. The predicted molar refractivity (Wildman–Crippen MR) is 78.4 cm³/mol. The zero-order valence-corrected chi connectivity index (χ0v) is 12.5. The molecule has 0 saturated carbocycles. The molecule has 6 heteroatoms. The van der Waals surface area contributed by atoms with E-state index in [2.05, 4.69) is 5.32 Å². The summed E-state index contributed by atoms with van der Waals surface area (Å²) in [6.45, 7) is 2.80. The van der Waals surface area contributed by atoms with Gasteiger partial charge >= 0.3 is 0 Å². The summed E-state index contributed by atoms with van der Waals surface area (Å²) in [6.07, 6.45) is 6.06. The van der Waals surface area contributed by atoms with E-state index >= 15 is 0 Å². The van der Waals surface area contributed by atoms with E-state index in [1.807, 2.05) is 6.26 Å². The number of hydrogen-bond acceptors (Lipinski definition) is 5. The normalized spacial score (nSPS) is 20.4. The molecule has 0 aromatic rings. The third-order valence-corrected chi connectivity index (χ3v) is 3.71. The fourth-order valence-corrected chi connectivity index (χ4v) is 2.37. The summed E-state index contributed by atoms with van der Waals surface area (Å²) in [6, 6.07) is -0.389. The Bertz CT molecular complexity index is 248. The SMILES string of the molecule is CSCC[C@H](N)C(=O)NCCCOCC1CCCO1. The zero-order valence-electron chi connectivity index (χ0n) is 11.7. The Morgan fingerprint density at radius 3 is 3.16 bits per heavy atom. The number of nitrogens with two attached hydrogens (primary N) is 1. The Labute approximate surface area is 120 Å². The van der Waals surface area contributed by atoms with Gasteiger partial charge < -0.3 is 20.5 Å². The van der Waals surface area contributed by atoms with Crippen LogP contribution in [0.4, 0.5) is 0 Å². The van der Waals surface area contributed by atoms with Crippen molar-refractivity contribution in [3.05, 3.63) is 0 Å². The van der Waals surface area contributed by atoms with Gasteiger partial charge in [-0.2, -0.15) is 11.8 Å². The van der Waals surface area contributed by atoms with Crippen molar-refractivity contribution in [2.45, 2.75) is 37.8 Å². The first-order valence-corrected chi connectivity index (χ1v) is 8.35. The van der Waals surface area contributed by atoms with Gasteiger partial charge in [-0.25, -0.2) is 0 Å². The van der Waals surface area contributed by atoms with E-state index in [1.54, 1.807) is 11.8 Å². The number of ether oxygens (including phenoxy) is 2. The van der Waals surface area contributed by atoms with Crippen molar-refractivity contribution in [1.82, 2.24) is 5.32 Å². The first kappa shape index (κ1) is 16.8. The van der Waals surface area contributed by atoms with Crippen LogP contribution >= 0.6 is 11.8 Å². The lowest BCUT2D eigenvalue weighted by Gasteiger charge is -2.12. The van der Waals surface area contributed by atoms with Crippen LogP contribution in [0.25, 0.3) is 0 Å². The topological polar surface area (TPSA) is 73.6 Å². The van der Waals surface area contributed by atoms with Crippen LogP contribution in [-0.4, -0.2) is 56.4 Å². The molecule has 2 atom stereocenters. The summed E-state index contributed by atoms with van der Waals surface area (Å²) >= 11 is 1.70. The van der Waals surface area contributed by atoms with E-state index in [0.29, 0.717) is 19.8 Å². The van der Waals surface area contributed by atoms with Crippen LogP contribution in [0.15, 0.2) is 0 Å². The Balaban J connectivity index is 1.90. The lowest BCUT2D eigenvalue weighted by atomic mass is 10.2.